The zero-order chi connectivity index (χ0) is 23.6. The van der Waals surface area contributed by atoms with Crippen molar-refractivity contribution >= 4 is 33.2 Å². The minimum atomic E-state index is -3.86. The van der Waals surface area contributed by atoms with Crippen LogP contribution in [-0.4, -0.2) is 50.3 Å². The lowest BCUT2D eigenvalue weighted by Gasteiger charge is -2.31. The normalized spacial score (nSPS) is 20.8. The summed E-state index contributed by atoms with van der Waals surface area (Å²) in [5.74, 6) is -0.0860. The van der Waals surface area contributed by atoms with Gasteiger partial charge in [0.25, 0.3) is 5.91 Å². The van der Waals surface area contributed by atoms with Crippen molar-refractivity contribution in [2.45, 2.75) is 37.7 Å². The molecule has 2 aliphatic rings. The number of carbonyl (C=O) groups excluding carboxylic acids is 2. The molecule has 0 bridgehead atoms. The van der Waals surface area contributed by atoms with Gasteiger partial charge in [0.05, 0.1) is 28.8 Å². The van der Waals surface area contributed by atoms with E-state index < -0.39 is 22.0 Å². The number of piperidine rings is 1. The van der Waals surface area contributed by atoms with E-state index in [1.807, 2.05) is 13.0 Å². The number of rotatable bonds is 6. The topological polar surface area (TPSA) is 114 Å². The number of nitrogens with one attached hydrogen (secondary N) is 2. The standard InChI is InChI=1S/C23H27N3O6S/c1-3-31-20-9-5-4-8-18(20)24-23(28)16-7-6-12-26(14-16)33(29,30)17-10-11-21-19(13-17)25-22(27)15(2)32-21/h4-5,8-11,13,15-16H,3,6-7,12,14H2,1-2H3,(H,24,28)(H,25,27)/t15-,16+/m1/s1. The Balaban J connectivity index is 1.49. The number of nitrogens with zero attached hydrogens (tertiary/aromatic N) is 1. The summed E-state index contributed by atoms with van der Waals surface area (Å²) >= 11 is 0. The predicted molar refractivity (Wildman–Crippen MR) is 123 cm³/mol. The van der Waals surface area contributed by atoms with E-state index in [0.29, 0.717) is 48.9 Å². The minimum Gasteiger partial charge on any atom is -0.492 e. The van der Waals surface area contributed by atoms with Gasteiger partial charge in [0.1, 0.15) is 11.5 Å². The highest BCUT2D eigenvalue weighted by molar-refractivity contribution is 7.89. The molecule has 2 amide bonds. The van der Waals surface area contributed by atoms with Crippen molar-refractivity contribution in [3.8, 4) is 11.5 Å². The summed E-state index contributed by atoms with van der Waals surface area (Å²) < 4.78 is 39.0. The van der Waals surface area contributed by atoms with Crippen LogP contribution in [0.15, 0.2) is 47.4 Å². The Kier molecular flexibility index (Phi) is 6.57. The molecule has 33 heavy (non-hydrogen) atoms. The number of fused-ring (bicyclic) bond motifs is 1. The molecule has 1 fully saturated rings. The molecule has 2 aromatic carbocycles. The van der Waals surface area contributed by atoms with Gasteiger partial charge in [-0.1, -0.05) is 12.1 Å². The van der Waals surface area contributed by atoms with Crippen LogP contribution >= 0.6 is 0 Å². The van der Waals surface area contributed by atoms with Crippen LogP contribution in [0, 0.1) is 5.92 Å². The first-order valence-electron chi connectivity index (χ1n) is 10.9. The van der Waals surface area contributed by atoms with Crippen LogP contribution in [0.2, 0.25) is 0 Å². The molecule has 4 rings (SSSR count). The quantitative estimate of drug-likeness (QED) is 0.667. The lowest BCUT2D eigenvalue weighted by molar-refractivity contribution is -0.123. The molecule has 2 atom stereocenters. The second-order valence-corrected chi connectivity index (χ2v) is 9.97. The second-order valence-electron chi connectivity index (χ2n) is 8.03. The summed E-state index contributed by atoms with van der Waals surface area (Å²) in [6.07, 6.45) is 0.502. The first kappa shape index (κ1) is 23.1. The highest BCUT2D eigenvalue weighted by Gasteiger charge is 2.34. The van der Waals surface area contributed by atoms with E-state index >= 15 is 0 Å². The average Bonchev–Trinajstić information content (AvgIpc) is 2.81. The van der Waals surface area contributed by atoms with Gasteiger partial charge in [0.15, 0.2) is 6.10 Å². The molecular weight excluding hydrogens is 446 g/mol. The Hall–Kier alpha value is -3.11. The first-order chi connectivity index (χ1) is 15.8. The van der Waals surface area contributed by atoms with Crippen molar-refractivity contribution in [3.05, 3.63) is 42.5 Å². The number of hydrogen-bond donors (Lipinski definition) is 2. The third-order valence-corrected chi connectivity index (χ3v) is 7.58. The summed E-state index contributed by atoms with van der Waals surface area (Å²) in [4.78, 5) is 24.9. The summed E-state index contributed by atoms with van der Waals surface area (Å²) in [7, 11) is -3.86. The van der Waals surface area contributed by atoms with E-state index in [0.717, 1.165) is 0 Å². The fourth-order valence-electron chi connectivity index (χ4n) is 3.96. The molecule has 10 heteroatoms. The van der Waals surface area contributed by atoms with Crippen molar-refractivity contribution in [1.29, 1.82) is 0 Å². The molecule has 0 aliphatic carbocycles. The lowest BCUT2D eigenvalue weighted by Crippen LogP contribution is -2.43. The molecule has 176 valence electrons. The lowest BCUT2D eigenvalue weighted by atomic mass is 9.98. The van der Waals surface area contributed by atoms with E-state index in [-0.39, 0.29) is 23.3 Å². The molecule has 0 radical (unpaired) electrons. The fraction of sp³-hybridized carbons (Fsp3) is 0.391. The maximum atomic E-state index is 13.3. The molecule has 1 saturated heterocycles. The SMILES string of the molecule is CCOc1ccccc1NC(=O)[C@H]1CCCN(S(=O)(=O)c2ccc3c(c2)NC(=O)[C@@H](C)O3)C1. The van der Waals surface area contributed by atoms with Gasteiger partial charge in [0, 0.05) is 13.1 Å². The number of carbonyl (C=O) groups is 2. The number of benzene rings is 2. The summed E-state index contributed by atoms with van der Waals surface area (Å²) in [5, 5.41) is 5.55. The predicted octanol–water partition coefficient (Wildman–Crippen LogP) is 2.84. The Morgan fingerprint density at radius 2 is 2.06 bits per heavy atom. The molecule has 2 aliphatic heterocycles. The smallest absolute Gasteiger partial charge is 0.265 e. The van der Waals surface area contributed by atoms with E-state index in [1.165, 1.54) is 22.5 Å². The molecule has 2 heterocycles. The Bertz CT molecular complexity index is 1170. The summed E-state index contributed by atoms with van der Waals surface area (Å²) in [5.41, 5.74) is 0.877. The highest BCUT2D eigenvalue weighted by Crippen LogP contribution is 2.34. The average molecular weight is 474 g/mol. The Labute approximate surface area is 193 Å². The highest BCUT2D eigenvalue weighted by atomic mass is 32.2. The minimum absolute atomic E-state index is 0.0439. The first-order valence-corrected chi connectivity index (χ1v) is 12.4. The van der Waals surface area contributed by atoms with Crippen molar-refractivity contribution in [2.75, 3.05) is 30.3 Å². The molecule has 9 nitrogen and oxygen atoms in total. The van der Waals surface area contributed by atoms with Crippen molar-refractivity contribution in [2.24, 2.45) is 5.92 Å². The van der Waals surface area contributed by atoms with E-state index in [1.54, 1.807) is 25.1 Å². The Morgan fingerprint density at radius 3 is 2.85 bits per heavy atom. The fourth-order valence-corrected chi connectivity index (χ4v) is 5.51. The van der Waals surface area contributed by atoms with Gasteiger partial charge in [-0.25, -0.2) is 8.42 Å². The number of anilines is 2. The van der Waals surface area contributed by atoms with Crippen LogP contribution < -0.4 is 20.1 Å². The number of ether oxygens (including phenoxy) is 2. The number of hydrogen-bond acceptors (Lipinski definition) is 6. The van der Waals surface area contributed by atoms with Gasteiger partial charge >= 0.3 is 0 Å². The van der Waals surface area contributed by atoms with Gasteiger partial charge in [-0.3, -0.25) is 9.59 Å². The number of para-hydroxylation sites is 2. The van der Waals surface area contributed by atoms with Gasteiger partial charge in [-0.2, -0.15) is 4.31 Å². The van der Waals surface area contributed by atoms with E-state index in [2.05, 4.69) is 10.6 Å². The third kappa shape index (κ3) is 4.81. The monoisotopic (exact) mass is 473 g/mol. The Morgan fingerprint density at radius 1 is 1.27 bits per heavy atom. The molecular formula is C23H27N3O6S. The van der Waals surface area contributed by atoms with Crippen LogP contribution in [0.4, 0.5) is 11.4 Å². The van der Waals surface area contributed by atoms with Crippen LogP contribution in [0.25, 0.3) is 0 Å². The van der Waals surface area contributed by atoms with E-state index in [4.69, 9.17) is 9.47 Å². The van der Waals surface area contributed by atoms with Gasteiger partial charge in [-0.15, -0.1) is 0 Å². The maximum absolute atomic E-state index is 13.3. The van der Waals surface area contributed by atoms with Gasteiger partial charge < -0.3 is 20.1 Å². The zero-order valence-electron chi connectivity index (χ0n) is 18.5. The molecule has 2 N–H and O–H groups in total. The molecule has 0 unspecified atom stereocenters. The third-order valence-electron chi connectivity index (χ3n) is 5.72. The zero-order valence-corrected chi connectivity index (χ0v) is 19.4. The van der Waals surface area contributed by atoms with Gasteiger partial charge in [-0.05, 0) is 57.0 Å². The molecule has 0 spiro atoms. The molecule has 0 saturated carbocycles. The number of amides is 2. The van der Waals surface area contributed by atoms with Crippen LogP contribution in [0.5, 0.6) is 11.5 Å². The van der Waals surface area contributed by atoms with Crippen LogP contribution in [-0.2, 0) is 19.6 Å². The van der Waals surface area contributed by atoms with Gasteiger partial charge in [0.2, 0.25) is 15.9 Å². The van der Waals surface area contributed by atoms with Crippen molar-refractivity contribution < 1.29 is 27.5 Å². The van der Waals surface area contributed by atoms with Crippen LogP contribution in [0.1, 0.15) is 26.7 Å². The molecule has 2 aromatic rings. The summed E-state index contributed by atoms with van der Waals surface area (Å²) in [6, 6.07) is 11.5. The van der Waals surface area contributed by atoms with Crippen molar-refractivity contribution in [3.63, 3.8) is 0 Å². The number of sulfonamides is 1. The van der Waals surface area contributed by atoms with E-state index in [9.17, 15) is 18.0 Å². The molecule has 0 aromatic heterocycles. The maximum Gasteiger partial charge on any atom is 0.265 e. The largest absolute Gasteiger partial charge is 0.492 e. The second kappa shape index (κ2) is 9.40. The van der Waals surface area contributed by atoms with Crippen molar-refractivity contribution in [1.82, 2.24) is 4.31 Å². The van der Waals surface area contributed by atoms with Crippen LogP contribution in [0.3, 0.4) is 0 Å². The summed E-state index contributed by atoms with van der Waals surface area (Å²) in [6.45, 7) is 4.34.